The van der Waals surface area contributed by atoms with Crippen molar-refractivity contribution < 1.29 is 23.9 Å². The maximum Gasteiger partial charge on any atom is 0.408 e. The molecular formula is C17H24N2O5. The first-order valence-corrected chi connectivity index (χ1v) is 7.59. The third-order valence-electron chi connectivity index (χ3n) is 2.93. The van der Waals surface area contributed by atoms with Gasteiger partial charge >= 0.3 is 12.1 Å². The second-order valence-electron chi connectivity index (χ2n) is 6.17. The number of hydrogen-bond acceptors (Lipinski definition) is 5. The number of ether oxygens (including phenoxy) is 2. The van der Waals surface area contributed by atoms with Gasteiger partial charge in [-0.25, -0.2) is 4.79 Å². The molecule has 7 nitrogen and oxygen atoms in total. The van der Waals surface area contributed by atoms with Gasteiger partial charge in [0.15, 0.2) is 0 Å². The molecule has 0 aliphatic heterocycles. The van der Waals surface area contributed by atoms with E-state index in [1.54, 1.807) is 32.9 Å². The Labute approximate surface area is 141 Å². The van der Waals surface area contributed by atoms with Crippen molar-refractivity contribution in [3.8, 4) is 0 Å². The van der Waals surface area contributed by atoms with E-state index in [1.807, 2.05) is 18.2 Å². The fourth-order valence-corrected chi connectivity index (χ4v) is 1.90. The van der Waals surface area contributed by atoms with Gasteiger partial charge in [-0.05, 0) is 26.3 Å². The van der Waals surface area contributed by atoms with Gasteiger partial charge in [0.2, 0.25) is 5.91 Å². The van der Waals surface area contributed by atoms with Gasteiger partial charge in [-0.2, -0.15) is 0 Å². The van der Waals surface area contributed by atoms with Gasteiger partial charge in [0.05, 0.1) is 19.6 Å². The number of rotatable bonds is 6. The first-order valence-electron chi connectivity index (χ1n) is 7.59. The van der Waals surface area contributed by atoms with Crippen molar-refractivity contribution in [3.63, 3.8) is 0 Å². The first-order chi connectivity index (χ1) is 11.2. The van der Waals surface area contributed by atoms with Crippen LogP contribution in [0.2, 0.25) is 0 Å². The molecule has 0 heterocycles. The number of nitrogens with one attached hydrogen (secondary N) is 2. The molecule has 0 fully saturated rings. The van der Waals surface area contributed by atoms with E-state index in [0.717, 1.165) is 5.56 Å². The van der Waals surface area contributed by atoms with Gasteiger partial charge in [-0.3, -0.25) is 9.59 Å². The first kappa shape index (κ1) is 19.5. The van der Waals surface area contributed by atoms with Crippen LogP contribution in [0.5, 0.6) is 0 Å². The predicted octanol–water partition coefficient (Wildman–Crippen LogP) is 1.93. The third kappa shape index (κ3) is 7.62. The second-order valence-corrected chi connectivity index (χ2v) is 6.17. The molecule has 2 N–H and O–H groups in total. The molecule has 1 atom stereocenters. The zero-order chi connectivity index (χ0) is 18.2. The van der Waals surface area contributed by atoms with Gasteiger partial charge in [0.25, 0.3) is 0 Å². The number of carbonyl (C=O) groups is 3. The highest BCUT2D eigenvalue weighted by atomic mass is 16.6. The molecule has 24 heavy (non-hydrogen) atoms. The number of hydrogen-bond donors (Lipinski definition) is 2. The summed E-state index contributed by atoms with van der Waals surface area (Å²) in [5.74, 6) is -0.872. The molecule has 1 aromatic rings. The van der Waals surface area contributed by atoms with Crippen LogP contribution in [0.15, 0.2) is 30.3 Å². The Morgan fingerprint density at radius 2 is 1.75 bits per heavy atom. The molecule has 0 aromatic heterocycles. The van der Waals surface area contributed by atoms with Crippen LogP contribution >= 0.6 is 0 Å². The van der Waals surface area contributed by atoms with Crippen molar-refractivity contribution in [1.82, 2.24) is 10.6 Å². The van der Waals surface area contributed by atoms with Crippen molar-refractivity contribution in [3.05, 3.63) is 35.9 Å². The van der Waals surface area contributed by atoms with E-state index in [4.69, 9.17) is 4.74 Å². The number of carbonyl (C=O) groups excluding carboxylic acids is 3. The molecule has 0 saturated heterocycles. The maximum absolute atomic E-state index is 12.0. The Morgan fingerprint density at radius 1 is 1.12 bits per heavy atom. The van der Waals surface area contributed by atoms with E-state index in [0.29, 0.717) is 0 Å². The van der Waals surface area contributed by atoms with Gasteiger partial charge in [0.1, 0.15) is 12.1 Å². The largest absolute Gasteiger partial charge is 0.469 e. The van der Waals surface area contributed by atoms with Crippen molar-refractivity contribution in [2.75, 3.05) is 13.7 Å². The second kappa shape index (κ2) is 8.90. The van der Waals surface area contributed by atoms with Gasteiger partial charge in [0, 0.05) is 0 Å². The summed E-state index contributed by atoms with van der Waals surface area (Å²) in [6.45, 7) is 4.94. The standard InChI is InChI=1S/C17H24N2O5/c1-17(2,3)24-16(22)18-11-14(20)19-13(10-15(21)23-4)12-8-6-5-7-9-12/h5-9,13H,10-11H2,1-4H3,(H,18,22)(H,19,20). The maximum atomic E-state index is 12.0. The zero-order valence-electron chi connectivity index (χ0n) is 14.4. The molecule has 132 valence electrons. The van der Waals surface area contributed by atoms with Crippen molar-refractivity contribution in [2.45, 2.75) is 38.8 Å². The molecule has 1 aromatic carbocycles. The number of benzene rings is 1. The normalized spacial score (nSPS) is 12.0. The molecule has 0 spiro atoms. The lowest BCUT2D eigenvalue weighted by atomic mass is 10.0. The predicted molar refractivity (Wildman–Crippen MR) is 88.2 cm³/mol. The average molecular weight is 336 g/mol. The molecule has 7 heteroatoms. The highest BCUT2D eigenvalue weighted by Gasteiger charge is 2.20. The summed E-state index contributed by atoms with van der Waals surface area (Å²) in [4.78, 5) is 35.1. The fraction of sp³-hybridized carbons (Fsp3) is 0.471. The van der Waals surface area contributed by atoms with Crippen LogP contribution < -0.4 is 10.6 Å². The van der Waals surface area contributed by atoms with E-state index in [1.165, 1.54) is 7.11 Å². The summed E-state index contributed by atoms with van der Waals surface area (Å²) in [7, 11) is 1.29. The third-order valence-corrected chi connectivity index (χ3v) is 2.93. The van der Waals surface area contributed by atoms with E-state index < -0.39 is 29.6 Å². The van der Waals surface area contributed by atoms with E-state index >= 15 is 0 Å². The Morgan fingerprint density at radius 3 is 2.29 bits per heavy atom. The summed E-state index contributed by atoms with van der Waals surface area (Å²) in [6, 6.07) is 8.52. The number of alkyl carbamates (subject to hydrolysis) is 1. The fourth-order valence-electron chi connectivity index (χ4n) is 1.90. The van der Waals surface area contributed by atoms with E-state index in [-0.39, 0.29) is 13.0 Å². The Hall–Kier alpha value is -2.57. The summed E-state index contributed by atoms with van der Waals surface area (Å²) in [5, 5.41) is 5.08. The molecule has 0 aliphatic rings. The zero-order valence-corrected chi connectivity index (χ0v) is 14.4. The number of methoxy groups -OCH3 is 1. The topological polar surface area (TPSA) is 93.7 Å². The van der Waals surface area contributed by atoms with E-state index in [9.17, 15) is 14.4 Å². The minimum Gasteiger partial charge on any atom is -0.469 e. The van der Waals surface area contributed by atoms with Crippen molar-refractivity contribution >= 4 is 18.0 Å². The number of esters is 1. The SMILES string of the molecule is COC(=O)CC(NC(=O)CNC(=O)OC(C)(C)C)c1ccccc1. The van der Waals surface area contributed by atoms with Gasteiger partial charge in [-0.15, -0.1) is 0 Å². The summed E-state index contributed by atoms with van der Waals surface area (Å²) >= 11 is 0. The van der Waals surface area contributed by atoms with Crippen LogP contribution in [-0.2, 0) is 19.1 Å². The van der Waals surface area contributed by atoms with Crippen LogP contribution in [0.3, 0.4) is 0 Å². The lowest BCUT2D eigenvalue weighted by Gasteiger charge is -2.21. The molecule has 0 aliphatic carbocycles. The Balaban J connectivity index is 2.61. The Kier molecular flexibility index (Phi) is 7.23. The highest BCUT2D eigenvalue weighted by molar-refractivity contribution is 5.83. The van der Waals surface area contributed by atoms with Crippen LogP contribution in [0.25, 0.3) is 0 Å². The van der Waals surface area contributed by atoms with E-state index in [2.05, 4.69) is 15.4 Å². The Bertz CT molecular complexity index is 566. The molecule has 0 saturated carbocycles. The van der Waals surface area contributed by atoms with Crippen LogP contribution in [0, 0.1) is 0 Å². The van der Waals surface area contributed by atoms with Crippen LogP contribution in [0.4, 0.5) is 4.79 Å². The summed E-state index contributed by atoms with van der Waals surface area (Å²) in [6.07, 6.45) is -0.680. The minimum absolute atomic E-state index is 0.00130. The van der Waals surface area contributed by atoms with Crippen LogP contribution in [-0.4, -0.2) is 37.2 Å². The number of amides is 2. The molecule has 0 bridgehead atoms. The minimum atomic E-state index is -0.679. The lowest BCUT2D eigenvalue weighted by Crippen LogP contribution is -2.41. The highest BCUT2D eigenvalue weighted by Crippen LogP contribution is 2.17. The van der Waals surface area contributed by atoms with Crippen molar-refractivity contribution in [2.24, 2.45) is 0 Å². The smallest absolute Gasteiger partial charge is 0.408 e. The molecular weight excluding hydrogens is 312 g/mol. The average Bonchev–Trinajstić information content (AvgIpc) is 2.51. The monoisotopic (exact) mass is 336 g/mol. The van der Waals surface area contributed by atoms with Crippen LogP contribution in [0.1, 0.15) is 38.8 Å². The van der Waals surface area contributed by atoms with Crippen molar-refractivity contribution in [1.29, 1.82) is 0 Å². The lowest BCUT2D eigenvalue weighted by molar-refractivity contribution is -0.141. The molecule has 0 radical (unpaired) electrons. The molecule has 2 amide bonds. The summed E-state index contributed by atoms with van der Waals surface area (Å²) < 4.78 is 9.71. The molecule has 1 rings (SSSR count). The quantitative estimate of drug-likeness (QED) is 0.774. The van der Waals surface area contributed by atoms with Gasteiger partial charge in [-0.1, -0.05) is 30.3 Å². The summed E-state index contributed by atoms with van der Waals surface area (Å²) in [5.41, 5.74) is 0.131. The molecule has 1 unspecified atom stereocenters. The van der Waals surface area contributed by atoms with Gasteiger partial charge < -0.3 is 20.1 Å².